The largest absolute Gasteiger partial charge is 0.375 e. The smallest absolute Gasteiger partial charge is 0.242 e. The first-order chi connectivity index (χ1) is 11.8. The number of fused-ring (bicyclic) bond motifs is 4. The fourth-order valence-corrected chi connectivity index (χ4v) is 3.75. The molecule has 2 aromatic heterocycles. The summed E-state index contributed by atoms with van der Waals surface area (Å²) in [5, 5.41) is 5.70. The lowest BCUT2D eigenvalue weighted by atomic mass is 10.2. The highest BCUT2D eigenvalue weighted by Crippen LogP contribution is 2.38. The fraction of sp³-hybridized carbons (Fsp3) is 0.0526. The van der Waals surface area contributed by atoms with Gasteiger partial charge in [-0.25, -0.2) is 5.84 Å². The molecule has 0 saturated heterocycles. The zero-order valence-corrected chi connectivity index (χ0v) is 13.8. The van der Waals surface area contributed by atoms with E-state index in [9.17, 15) is 0 Å². The van der Waals surface area contributed by atoms with Gasteiger partial charge in [0.2, 0.25) is 5.52 Å². The van der Waals surface area contributed by atoms with Crippen LogP contribution in [-0.4, -0.2) is 10.9 Å². The van der Waals surface area contributed by atoms with Gasteiger partial charge in [0, 0.05) is 29.1 Å². The molecular weight excluding hydrogens is 316 g/mol. The van der Waals surface area contributed by atoms with E-state index in [1.54, 1.807) is 4.68 Å². The van der Waals surface area contributed by atoms with E-state index in [4.69, 9.17) is 5.84 Å². The van der Waals surface area contributed by atoms with E-state index in [-0.39, 0.29) is 0 Å². The summed E-state index contributed by atoms with van der Waals surface area (Å²) < 4.78 is 1.62. The normalized spacial score (nSPS) is 12.3. The van der Waals surface area contributed by atoms with Gasteiger partial charge in [-0.15, -0.1) is 11.8 Å². The number of hydrogen-bond acceptors (Lipinski definition) is 4. The molecule has 0 saturated carbocycles. The molecule has 0 unspecified atom stereocenters. The number of nitrogen functional groups attached to an aromatic ring is 1. The van der Waals surface area contributed by atoms with Crippen LogP contribution in [0.4, 0.5) is 5.69 Å². The summed E-state index contributed by atoms with van der Waals surface area (Å²) >= 11 is 1.82. The minimum atomic E-state index is 0.963. The monoisotopic (exact) mass is 333 g/mol. The zero-order valence-electron chi connectivity index (χ0n) is 13.0. The lowest BCUT2D eigenvalue weighted by Crippen LogP contribution is -2.44. The molecule has 1 aliphatic heterocycles. The average molecular weight is 333 g/mol. The number of hydrogen-bond donors (Lipinski definition) is 2. The Morgan fingerprint density at radius 3 is 2.71 bits per heavy atom. The maximum Gasteiger partial charge on any atom is 0.242 e. The highest BCUT2D eigenvalue weighted by atomic mass is 32.2. The number of benzene rings is 2. The molecule has 0 fully saturated rings. The third-order valence-corrected chi connectivity index (χ3v) is 4.94. The van der Waals surface area contributed by atoms with Gasteiger partial charge in [-0.05, 0) is 24.3 Å². The van der Waals surface area contributed by atoms with Crippen molar-refractivity contribution in [3.63, 3.8) is 0 Å². The molecular formula is C19H17N4S+. The summed E-state index contributed by atoms with van der Waals surface area (Å²) in [6.07, 6.45) is 3.68. The molecule has 5 heteroatoms. The minimum absolute atomic E-state index is 0.963. The van der Waals surface area contributed by atoms with Crippen LogP contribution < -0.4 is 15.8 Å². The maximum absolute atomic E-state index is 5.67. The van der Waals surface area contributed by atoms with Crippen molar-refractivity contribution in [3.05, 3.63) is 73.1 Å². The molecule has 0 aliphatic carbocycles. The second-order valence-electron chi connectivity index (χ2n) is 5.46. The van der Waals surface area contributed by atoms with Crippen LogP contribution in [-0.2, 0) is 0 Å². The van der Waals surface area contributed by atoms with Crippen LogP contribution in [0.5, 0.6) is 0 Å². The van der Waals surface area contributed by atoms with Crippen molar-refractivity contribution in [2.24, 2.45) is 0 Å². The molecule has 0 atom stereocenters. The summed E-state index contributed by atoms with van der Waals surface area (Å²) in [4.78, 5) is 5.68. The summed E-state index contributed by atoms with van der Waals surface area (Å²) in [6.45, 7) is 0. The molecule has 3 N–H and O–H groups in total. The van der Waals surface area contributed by atoms with Gasteiger partial charge in [-0.3, -0.25) is 4.98 Å². The Bertz CT molecular complexity index is 1010. The van der Waals surface area contributed by atoms with Crippen molar-refractivity contribution in [1.82, 2.24) is 4.98 Å². The van der Waals surface area contributed by atoms with Gasteiger partial charge >= 0.3 is 0 Å². The Morgan fingerprint density at radius 1 is 0.958 bits per heavy atom. The van der Waals surface area contributed by atoms with E-state index in [0.29, 0.717) is 0 Å². The number of para-hydroxylation sites is 1. The van der Waals surface area contributed by atoms with Gasteiger partial charge in [0.05, 0.1) is 22.0 Å². The first kappa shape index (κ1) is 14.8. The number of thioether (sulfide) groups is 1. The molecule has 0 spiro atoms. The molecule has 1 aliphatic rings. The Balaban J connectivity index is 0.000000123. The third kappa shape index (κ3) is 2.74. The summed E-state index contributed by atoms with van der Waals surface area (Å²) in [5.74, 6) is 6.64. The molecule has 24 heavy (non-hydrogen) atoms. The van der Waals surface area contributed by atoms with Crippen LogP contribution in [0.2, 0.25) is 0 Å². The van der Waals surface area contributed by atoms with Gasteiger partial charge in [0.25, 0.3) is 0 Å². The summed E-state index contributed by atoms with van der Waals surface area (Å²) in [7, 11) is 0. The number of anilines is 1. The maximum atomic E-state index is 5.67. The summed E-state index contributed by atoms with van der Waals surface area (Å²) in [5.41, 5.74) is 3.39. The van der Waals surface area contributed by atoms with Crippen molar-refractivity contribution in [2.45, 2.75) is 4.90 Å². The number of nitrogens with two attached hydrogens (primary N) is 1. The molecule has 3 heterocycles. The van der Waals surface area contributed by atoms with Crippen LogP contribution in [0.15, 0.2) is 78.0 Å². The third-order valence-electron chi connectivity index (χ3n) is 3.94. The molecule has 4 nitrogen and oxygen atoms in total. The van der Waals surface area contributed by atoms with Crippen molar-refractivity contribution in [1.29, 1.82) is 0 Å². The number of pyridine rings is 2. The lowest BCUT2D eigenvalue weighted by Gasteiger charge is -2.01. The van der Waals surface area contributed by atoms with Gasteiger partial charge < -0.3 is 5.32 Å². The van der Waals surface area contributed by atoms with E-state index >= 15 is 0 Å². The minimum Gasteiger partial charge on any atom is -0.375 e. The van der Waals surface area contributed by atoms with Crippen molar-refractivity contribution in [3.8, 4) is 0 Å². The van der Waals surface area contributed by atoms with E-state index in [2.05, 4.69) is 28.5 Å². The molecule has 0 amide bonds. The van der Waals surface area contributed by atoms with Crippen LogP contribution in [0.1, 0.15) is 0 Å². The topological polar surface area (TPSA) is 54.8 Å². The van der Waals surface area contributed by atoms with Crippen LogP contribution in [0.25, 0.3) is 21.8 Å². The average Bonchev–Trinajstić information content (AvgIpc) is 3.12. The lowest BCUT2D eigenvalue weighted by molar-refractivity contribution is -0.611. The van der Waals surface area contributed by atoms with E-state index in [0.717, 1.165) is 22.3 Å². The van der Waals surface area contributed by atoms with E-state index in [1.807, 2.05) is 66.6 Å². The number of rotatable bonds is 0. The Hall–Kier alpha value is -2.79. The predicted octanol–water partition coefficient (Wildman–Crippen LogP) is 3.55. The van der Waals surface area contributed by atoms with Crippen molar-refractivity contribution < 1.29 is 4.68 Å². The first-order valence-corrected chi connectivity index (χ1v) is 8.70. The second-order valence-corrected chi connectivity index (χ2v) is 6.44. The van der Waals surface area contributed by atoms with Gasteiger partial charge in [-0.2, -0.15) is 0 Å². The predicted molar refractivity (Wildman–Crippen MR) is 100 cm³/mol. The highest BCUT2D eigenvalue weighted by Gasteiger charge is 2.13. The second kappa shape index (κ2) is 6.37. The van der Waals surface area contributed by atoms with E-state index < -0.39 is 0 Å². The number of aromatic nitrogens is 2. The van der Waals surface area contributed by atoms with Gasteiger partial charge in [0.15, 0.2) is 6.20 Å². The van der Waals surface area contributed by atoms with Crippen molar-refractivity contribution >= 4 is 39.3 Å². The highest BCUT2D eigenvalue weighted by molar-refractivity contribution is 8.00. The SMILES string of the molecule is N[n+]1cccc2ccccc21.c1cnc2c3c(ccc2c1)NCS3. The Labute approximate surface area is 144 Å². The molecule has 2 aromatic carbocycles. The molecule has 0 bridgehead atoms. The standard InChI is InChI=1S/C10H8N2S.C9H9N2/c1-2-7-3-4-8-10(13-6-12-8)9(7)11-5-1;10-11-7-3-5-8-4-1-2-6-9(8)11/h1-5,12H,6H2;1-7H,10H2/q;+1. The van der Waals surface area contributed by atoms with Crippen LogP contribution in [0.3, 0.4) is 0 Å². The molecule has 0 radical (unpaired) electrons. The van der Waals surface area contributed by atoms with E-state index in [1.165, 1.54) is 16.0 Å². The number of nitrogens with zero attached hydrogens (tertiary/aromatic N) is 2. The van der Waals surface area contributed by atoms with Crippen molar-refractivity contribution in [2.75, 3.05) is 17.0 Å². The van der Waals surface area contributed by atoms with Crippen LogP contribution >= 0.6 is 11.8 Å². The molecule has 5 rings (SSSR count). The zero-order chi connectivity index (χ0) is 16.4. The fourth-order valence-electron chi connectivity index (χ4n) is 2.77. The Kier molecular flexibility index (Phi) is 3.92. The van der Waals surface area contributed by atoms with Crippen LogP contribution in [0, 0.1) is 0 Å². The number of nitrogens with one attached hydrogen (secondary N) is 1. The first-order valence-electron chi connectivity index (χ1n) is 7.72. The molecule has 4 aromatic rings. The summed E-state index contributed by atoms with van der Waals surface area (Å²) in [6, 6.07) is 20.3. The quantitative estimate of drug-likeness (QED) is 0.382. The Morgan fingerprint density at radius 2 is 1.79 bits per heavy atom. The molecule has 118 valence electrons. The van der Waals surface area contributed by atoms with Gasteiger partial charge in [-0.1, -0.05) is 28.9 Å². The van der Waals surface area contributed by atoms with Gasteiger partial charge in [0.1, 0.15) is 0 Å².